The number of nitrogens with two attached hydrogens (primary N) is 1. The van der Waals surface area contributed by atoms with Crippen molar-refractivity contribution >= 4 is 12.0 Å². The van der Waals surface area contributed by atoms with E-state index in [1.807, 2.05) is 18.2 Å². The van der Waals surface area contributed by atoms with E-state index in [0.29, 0.717) is 6.04 Å². The molecular formula is C17H24N2O. The first-order valence-corrected chi connectivity index (χ1v) is 7.29. The van der Waals surface area contributed by atoms with Crippen molar-refractivity contribution in [1.29, 1.82) is 0 Å². The highest BCUT2D eigenvalue weighted by Crippen LogP contribution is 2.27. The molecule has 0 aliphatic carbocycles. The SMILES string of the molecule is CC(=Cc1ccccc1)CC(C(N)=O)C1CCCN1C. The predicted octanol–water partition coefficient (Wildman–Crippen LogP) is 2.68. The second kappa shape index (κ2) is 6.71. The van der Waals surface area contributed by atoms with Gasteiger partial charge in [0.05, 0.1) is 5.92 Å². The summed E-state index contributed by atoms with van der Waals surface area (Å²) < 4.78 is 0. The Balaban J connectivity index is 2.08. The van der Waals surface area contributed by atoms with Gasteiger partial charge in [-0.1, -0.05) is 42.0 Å². The van der Waals surface area contributed by atoms with Gasteiger partial charge in [-0.2, -0.15) is 0 Å². The van der Waals surface area contributed by atoms with E-state index in [2.05, 4.69) is 37.1 Å². The standard InChI is InChI=1S/C17H24N2O/c1-13(11-14-7-4-3-5-8-14)12-15(17(18)20)16-9-6-10-19(16)2/h3-5,7-8,11,15-16H,6,9-10,12H2,1-2H3,(H2,18,20). The highest BCUT2D eigenvalue weighted by atomic mass is 16.1. The fraction of sp³-hybridized carbons (Fsp3) is 0.471. The lowest BCUT2D eigenvalue weighted by molar-refractivity contribution is -0.123. The molecule has 1 fully saturated rings. The fourth-order valence-electron chi connectivity index (χ4n) is 3.11. The van der Waals surface area contributed by atoms with Gasteiger partial charge < -0.3 is 10.6 Å². The molecule has 0 bridgehead atoms. The second-order valence-corrected chi connectivity index (χ2v) is 5.80. The average Bonchev–Trinajstić information content (AvgIpc) is 2.83. The first-order chi connectivity index (χ1) is 9.58. The molecule has 108 valence electrons. The molecule has 20 heavy (non-hydrogen) atoms. The van der Waals surface area contributed by atoms with Crippen molar-refractivity contribution in [3.63, 3.8) is 0 Å². The van der Waals surface area contributed by atoms with Crippen molar-refractivity contribution in [2.45, 2.75) is 32.2 Å². The van der Waals surface area contributed by atoms with Crippen molar-refractivity contribution in [1.82, 2.24) is 4.90 Å². The quantitative estimate of drug-likeness (QED) is 0.895. The van der Waals surface area contributed by atoms with Gasteiger partial charge in [-0.05, 0) is 45.3 Å². The third kappa shape index (κ3) is 3.70. The molecule has 1 saturated heterocycles. The van der Waals surface area contributed by atoms with Crippen molar-refractivity contribution in [3.05, 3.63) is 41.5 Å². The van der Waals surface area contributed by atoms with Crippen LogP contribution in [0, 0.1) is 5.92 Å². The number of hydrogen-bond acceptors (Lipinski definition) is 2. The smallest absolute Gasteiger partial charge is 0.222 e. The normalized spacial score (nSPS) is 21.9. The van der Waals surface area contributed by atoms with Crippen LogP contribution in [0.1, 0.15) is 31.7 Å². The molecule has 1 aromatic rings. The number of nitrogens with zero attached hydrogens (tertiary/aromatic N) is 1. The zero-order valence-electron chi connectivity index (χ0n) is 12.4. The molecule has 1 amide bonds. The van der Waals surface area contributed by atoms with E-state index in [-0.39, 0.29) is 11.8 Å². The van der Waals surface area contributed by atoms with Crippen molar-refractivity contribution in [3.8, 4) is 0 Å². The van der Waals surface area contributed by atoms with Crippen LogP contribution in [0.15, 0.2) is 35.9 Å². The van der Waals surface area contributed by atoms with Gasteiger partial charge in [0.15, 0.2) is 0 Å². The first kappa shape index (κ1) is 14.8. The van der Waals surface area contributed by atoms with Gasteiger partial charge in [0, 0.05) is 6.04 Å². The zero-order chi connectivity index (χ0) is 14.5. The molecule has 2 atom stereocenters. The Morgan fingerprint density at radius 2 is 2.15 bits per heavy atom. The first-order valence-electron chi connectivity index (χ1n) is 7.29. The summed E-state index contributed by atoms with van der Waals surface area (Å²) in [7, 11) is 2.09. The lowest BCUT2D eigenvalue weighted by atomic mass is 9.89. The molecule has 2 N–H and O–H groups in total. The Hall–Kier alpha value is -1.61. The van der Waals surface area contributed by atoms with Crippen LogP contribution in [0.5, 0.6) is 0 Å². The fourth-order valence-corrected chi connectivity index (χ4v) is 3.11. The van der Waals surface area contributed by atoms with E-state index in [0.717, 1.165) is 25.8 Å². The van der Waals surface area contributed by atoms with E-state index in [9.17, 15) is 4.79 Å². The van der Waals surface area contributed by atoms with Gasteiger partial charge >= 0.3 is 0 Å². The van der Waals surface area contributed by atoms with Gasteiger partial charge in [-0.3, -0.25) is 4.79 Å². The average molecular weight is 272 g/mol. The Morgan fingerprint density at radius 3 is 2.70 bits per heavy atom. The molecule has 2 rings (SSSR count). The molecule has 0 spiro atoms. The van der Waals surface area contributed by atoms with Crippen LogP contribution < -0.4 is 5.73 Å². The van der Waals surface area contributed by atoms with E-state index in [4.69, 9.17) is 5.73 Å². The largest absolute Gasteiger partial charge is 0.369 e. The lowest BCUT2D eigenvalue weighted by Gasteiger charge is -2.27. The van der Waals surface area contributed by atoms with Crippen LogP contribution in [0.4, 0.5) is 0 Å². The molecule has 0 saturated carbocycles. The molecule has 2 unspecified atom stereocenters. The van der Waals surface area contributed by atoms with Crippen molar-refractivity contribution in [2.24, 2.45) is 11.7 Å². The maximum Gasteiger partial charge on any atom is 0.222 e. The number of amides is 1. The number of benzene rings is 1. The van der Waals surface area contributed by atoms with Gasteiger partial charge in [0.25, 0.3) is 0 Å². The summed E-state index contributed by atoms with van der Waals surface area (Å²) in [6.45, 7) is 3.15. The summed E-state index contributed by atoms with van der Waals surface area (Å²) in [5.74, 6) is -0.257. The summed E-state index contributed by atoms with van der Waals surface area (Å²) in [6, 6.07) is 10.5. The minimum absolute atomic E-state index is 0.0811. The highest BCUT2D eigenvalue weighted by Gasteiger charge is 2.32. The topological polar surface area (TPSA) is 46.3 Å². The molecule has 1 heterocycles. The number of primary amides is 1. The Bertz CT molecular complexity index is 481. The molecule has 1 aliphatic rings. The molecule has 0 aromatic heterocycles. The van der Waals surface area contributed by atoms with Crippen molar-refractivity contribution in [2.75, 3.05) is 13.6 Å². The van der Waals surface area contributed by atoms with E-state index >= 15 is 0 Å². The van der Waals surface area contributed by atoms with E-state index in [1.54, 1.807) is 0 Å². The third-order valence-corrected chi connectivity index (χ3v) is 4.16. The van der Waals surface area contributed by atoms with Gasteiger partial charge in [0.1, 0.15) is 0 Å². The maximum atomic E-state index is 11.8. The van der Waals surface area contributed by atoms with Crippen LogP contribution in [0.25, 0.3) is 6.08 Å². The van der Waals surface area contributed by atoms with Crippen LogP contribution in [-0.2, 0) is 4.79 Å². The maximum absolute atomic E-state index is 11.8. The minimum Gasteiger partial charge on any atom is -0.369 e. The summed E-state index contributed by atoms with van der Waals surface area (Å²) in [5, 5.41) is 0. The Morgan fingerprint density at radius 1 is 1.45 bits per heavy atom. The number of rotatable bonds is 5. The second-order valence-electron chi connectivity index (χ2n) is 5.80. The molecule has 3 heteroatoms. The van der Waals surface area contributed by atoms with Gasteiger partial charge in [-0.25, -0.2) is 0 Å². The summed E-state index contributed by atoms with van der Waals surface area (Å²) in [6.07, 6.45) is 5.12. The summed E-state index contributed by atoms with van der Waals surface area (Å²) >= 11 is 0. The molecule has 1 aromatic carbocycles. The highest BCUT2D eigenvalue weighted by molar-refractivity contribution is 5.78. The van der Waals surface area contributed by atoms with Gasteiger partial charge in [0.2, 0.25) is 5.91 Å². The summed E-state index contributed by atoms with van der Waals surface area (Å²) in [4.78, 5) is 14.1. The Kier molecular flexibility index (Phi) is 4.96. The zero-order valence-corrected chi connectivity index (χ0v) is 12.4. The monoisotopic (exact) mass is 272 g/mol. The predicted molar refractivity (Wildman–Crippen MR) is 83.0 cm³/mol. The minimum atomic E-state index is -0.176. The van der Waals surface area contributed by atoms with Gasteiger partial charge in [-0.15, -0.1) is 0 Å². The molecule has 3 nitrogen and oxygen atoms in total. The van der Waals surface area contributed by atoms with Crippen LogP contribution in [0.2, 0.25) is 0 Å². The summed E-state index contributed by atoms with van der Waals surface area (Å²) in [5.41, 5.74) is 8.01. The molecule has 0 radical (unpaired) electrons. The van der Waals surface area contributed by atoms with Crippen LogP contribution >= 0.6 is 0 Å². The molecule has 1 aliphatic heterocycles. The number of carbonyl (C=O) groups excluding carboxylic acids is 1. The molecular weight excluding hydrogens is 248 g/mol. The number of allylic oxidation sites excluding steroid dienone is 1. The van der Waals surface area contributed by atoms with E-state index in [1.165, 1.54) is 11.1 Å². The number of hydrogen-bond donors (Lipinski definition) is 1. The van der Waals surface area contributed by atoms with Crippen LogP contribution in [-0.4, -0.2) is 30.4 Å². The lowest BCUT2D eigenvalue weighted by Crippen LogP contribution is -2.40. The number of likely N-dealkylation sites (tertiary alicyclic amines) is 1. The third-order valence-electron chi connectivity index (χ3n) is 4.16. The Labute approximate surface area is 121 Å². The number of carbonyl (C=O) groups is 1. The van der Waals surface area contributed by atoms with E-state index < -0.39 is 0 Å². The van der Waals surface area contributed by atoms with Crippen molar-refractivity contribution < 1.29 is 4.79 Å². The van der Waals surface area contributed by atoms with Crippen LogP contribution in [0.3, 0.4) is 0 Å².